The van der Waals surface area contributed by atoms with Crippen LogP contribution in [0.3, 0.4) is 0 Å². The fraction of sp³-hybridized carbons (Fsp3) is 0.458. The second-order valence-electron chi connectivity index (χ2n) is 8.72. The summed E-state index contributed by atoms with van der Waals surface area (Å²) in [6.45, 7) is 5.04. The van der Waals surface area contributed by atoms with Gasteiger partial charge in [-0.1, -0.05) is 35.0 Å². The summed E-state index contributed by atoms with van der Waals surface area (Å²) in [5.74, 6) is -1.59. The standard InChI is InChI=1S/C24H30N4O7/c1-14-6-5-7-16(8-14)10-17(21(30)24(3)13-34-24)26-20(29)11-25-22(31)19(12-33-4)27-23(32)18-9-15(2)35-28-18/h5-9,17,19H,10-13H2,1-4H3,(H,25,31)(H,26,29)(H,27,32)/t17-,19-,24+/m0/s1. The van der Waals surface area contributed by atoms with Crippen LogP contribution in [0.2, 0.25) is 0 Å². The molecule has 3 N–H and O–H groups in total. The van der Waals surface area contributed by atoms with Crippen LogP contribution in [-0.2, 0) is 30.3 Å². The van der Waals surface area contributed by atoms with Gasteiger partial charge in [0.05, 0.1) is 25.8 Å². The van der Waals surface area contributed by atoms with Crippen molar-refractivity contribution in [3.63, 3.8) is 0 Å². The maximum absolute atomic E-state index is 12.9. The number of aromatic nitrogens is 1. The van der Waals surface area contributed by atoms with Crippen LogP contribution in [0.1, 0.15) is 34.3 Å². The number of hydrogen-bond acceptors (Lipinski definition) is 8. The molecule has 1 fully saturated rings. The quantitative estimate of drug-likeness (QED) is 0.361. The van der Waals surface area contributed by atoms with Gasteiger partial charge in [-0.15, -0.1) is 0 Å². The molecule has 11 nitrogen and oxygen atoms in total. The first-order valence-electron chi connectivity index (χ1n) is 11.2. The molecule has 35 heavy (non-hydrogen) atoms. The first-order chi connectivity index (χ1) is 16.6. The van der Waals surface area contributed by atoms with Crippen molar-refractivity contribution in [1.29, 1.82) is 0 Å². The van der Waals surface area contributed by atoms with Crippen molar-refractivity contribution in [2.45, 2.75) is 44.9 Å². The maximum Gasteiger partial charge on any atom is 0.274 e. The van der Waals surface area contributed by atoms with Crippen molar-refractivity contribution in [3.05, 3.63) is 52.9 Å². The van der Waals surface area contributed by atoms with E-state index in [-0.39, 0.29) is 18.1 Å². The van der Waals surface area contributed by atoms with Gasteiger partial charge >= 0.3 is 0 Å². The van der Waals surface area contributed by atoms with E-state index in [4.69, 9.17) is 14.0 Å². The van der Waals surface area contributed by atoms with Gasteiger partial charge in [0, 0.05) is 13.2 Å². The number of ether oxygens (including phenoxy) is 2. The smallest absolute Gasteiger partial charge is 0.274 e. The third-order valence-electron chi connectivity index (χ3n) is 5.51. The van der Waals surface area contributed by atoms with Crippen LogP contribution in [0.15, 0.2) is 34.9 Å². The van der Waals surface area contributed by atoms with E-state index in [1.54, 1.807) is 13.8 Å². The van der Waals surface area contributed by atoms with Crippen LogP contribution in [0.5, 0.6) is 0 Å². The van der Waals surface area contributed by atoms with Gasteiger partial charge in [0.25, 0.3) is 5.91 Å². The number of aryl methyl sites for hydroxylation is 2. The predicted octanol–water partition coefficient (Wildman–Crippen LogP) is 0.238. The fourth-order valence-corrected chi connectivity index (χ4v) is 3.49. The Hall–Kier alpha value is -3.57. The van der Waals surface area contributed by atoms with E-state index in [0.29, 0.717) is 18.8 Å². The number of ketones is 1. The van der Waals surface area contributed by atoms with Crippen molar-refractivity contribution in [1.82, 2.24) is 21.1 Å². The molecule has 188 valence electrons. The van der Waals surface area contributed by atoms with Crippen molar-refractivity contribution in [3.8, 4) is 0 Å². The highest BCUT2D eigenvalue weighted by Gasteiger charge is 2.50. The second-order valence-corrected chi connectivity index (χ2v) is 8.72. The Labute approximate surface area is 202 Å². The van der Waals surface area contributed by atoms with Gasteiger partial charge in [0.15, 0.2) is 11.5 Å². The van der Waals surface area contributed by atoms with E-state index in [9.17, 15) is 19.2 Å². The Morgan fingerprint density at radius 2 is 1.89 bits per heavy atom. The molecule has 3 amide bonds. The Morgan fingerprint density at radius 1 is 1.14 bits per heavy atom. The number of carbonyl (C=O) groups excluding carboxylic acids is 4. The fourth-order valence-electron chi connectivity index (χ4n) is 3.49. The number of epoxide rings is 1. The highest BCUT2D eigenvalue weighted by atomic mass is 16.6. The summed E-state index contributed by atoms with van der Waals surface area (Å²) in [6.07, 6.45) is 0.290. The van der Waals surface area contributed by atoms with Gasteiger partial charge < -0.3 is 29.9 Å². The van der Waals surface area contributed by atoms with Crippen LogP contribution in [0.25, 0.3) is 0 Å². The molecule has 0 spiro atoms. The molecule has 0 saturated carbocycles. The minimum absolute atomic E-state index is 0.0161. The van der Waals surface area contributed by atoms with Crippen LogP contribution < -0.4 is 16.0 Å². The number of nitrogens with zero attached hydrogens (tertiary/aromatic N) is 1. The van der Waals surface area contributed by atoms with E-state index in [2.05, 4.69) is 21.1 Å². The van der Waals surface area contributed by atoms with Crippen molar-refractivity contribution >= 4 is 23.5 Å². The zero-order valence-electron chi connectivity index (χ0n) is 20.2. The topological polar surface area (TPSA) is 152 Å². The number of methoxy groups -OCH3 is 1. The summed E-state index contributed by atoms with van der Waals surface area (Å²) >= 11 is 0. The summed E-state index contributed by atoms with van der Waals surface area (Å²) < 4.78 is 15.2. The summed E-state index contributed by atoms with van der Waals surface area (Å²) in [5.41, 5.74) is 1.02. The largest absolute Gasteiger partial charge is 0.382 e. The van der Waals surface area contributed by atoms with E-state index in [1.165, 1.54) is 13.2 Å². The van der Waals surface area contributed by atoms with Crippen LogP contribution in [0.4, 0.5) is 0 Å². The van der Waals surface area contributed by atoms with Crippen LogP contribution in [-0.4, -0.2) is 73.2 Å². The molecule has 1 saturated heterocycles. The van der Waals surface area contributed by atoms with Crippen molar-refractivity contribution in [2.24, 2.45) is 0 Å². The summed E-state index contributed by atoms with van der Waals surface area (Å²) in [6, 6.07) is 7.19. The van der Waals surface area contributed by atoms with Gasteiger partial charge in [-0.25, -0.2) is 0 Å². The third-order valence-corrected chi connectivity index (χ3v) is 5.51. The Kier molecular flexibility index (Phi) is 8.36. The Bertz CT molecular complexity index is 1090. The third kappa shape index (κ3) is 7.20. The lowest BCUT2D eigenvalue weighted by Gasteiger charge is -2.21. The molecule has 0 aliphatic carbocycles. The summed E-state index contributed by atoms with van der Waals surface area (Å²) in [5, 5.41) is 11.3. The molecule has 0 unspecified atom stereocenters. The molecule has 11 heteroatoms. The zero-order chi connectivity index (χ0) is 25.6. The Morgan fingerprint density at radius 3 is 2.49 bits per heavy atom. The van der Waals surface area contributed by atoms with Crippen molar-refractivity contribution in [2.75, 3.05) is 26.9 Å². The predicted molar refractivity (Wildman–Crippen MR) is 124 cm³/mol. The molecule has 3 atom stereocenters. The Balaban J connectivity index is 1.58. The molecular formula is C24H30N4O7. The van der Waals surface area contributed by atoms with Crippen molar-refractivity contribution < 1.29 is 33.2 Å². The van der Waals surface area contributed by atoms with Gasteiger partial charge in [-0.05, 0) is 32.8 Å². The lowest BCUT2D eigenvalue weighted by atomic mass is 9.94. The minimum Gasteiger partial charge on any atom is -0.382 e. The van der Waals surface area contributed by atoms with Gasteiger partial charge in [0.1, 0.15) is 17.4 Å². The first-order valence-corrected chi connectivity index (χ1v) is 11.2. The average Bonchev–Trinajstić information content (AvgIpc) is 3.42. The second kappa shape index (κ2) is 11.2. The summed E-state index contributed by atoms with van der Waals surface area (Å²) in [7, 11) is 1.38. The first kappa shape index (κ1) is 26.0. The minimum atomic E-state index is -1.07. The number of hydrogen-bond donors (Lipinski definition) is 3. The molecule has 1 aromatic carbocycles. The van der Waals surface area contributed by atoms with Gasteiger partial charge in [-0.2, -0.15) is 0 Å². The molecule has 3 rings (SSSR count). The summed E-state index contributed by atoms with van der Waals surface area (Å²) in [4.78, 5) is 50.5. The molecule has 2 heterocycles. The lowest BCUT2D eigenvalue weighted by molar-refractivity contribution is -0.131. The molecular weight excluding hydrogens is 456 g/mol. The van der Waals surface area contributed by atoms with E-state index >= 15 is 0 Å². The number of amides is 3. The van der Waals surface area contributed by atoms with Crippen LogP contribution in [0, 0.1) is 13.8 Å². The molecule has 0 bridgehead atoms. The molecule has 0 radical (unpaired) electrons. The van der Waals surface area contributed by atoms with Gasteiger partial charge in [0.2, 0.25) is 11.8 Å². The highest BCUT2D eigenvalue weighted by Crippen LogP contribution is 2.29. The maximum atomic E-state index is 12.9. The molecule has 1 aliphatic rings. The highest BCUT2D eigenvalue weighted by molar-refractivity contribution is 5.98. The lowest BCUT2D eigenvalue weighted by Crippen LogP contribution is -2.53. The molecule has 2 aromatic rings. The molecule has 1 aromatic heterocycles. The SMILES string of the molecule is COC[C@H](NC(=O)c1cc(C)on1)C(=O)NCC(=O)N[C@@H](Cc1cccc(C)c1)C(=O)[C@@]1(C)CO1. The van der Waals surface area contributed by atoms with E-state index in [1.807, 2.05) is 31.2 Å². The molecule has 1 aliphatic heterocycles. The van der Waals surface area contributed by atoms with Gasteiger partial charge in [-0.3, -0.25) is 19.2 Å². The van der Waals surface area contributed by atoms with E-state index in [0.717, 1.165) is 11.1 Å². The number of nitrogens with one attached hydrogen (secondary N) is 3. The number of rotatable bonds is 12. The van der Waals surface area contributed by atoms with E-state index < -0.39 is 42.0 Å². The average molecular weight is 487 g/mol. The number of benzene rings is 1. The number of carbonyl (C=O) groups is 4. The number of Topliss-reactive ketones (excluding diaryl/α,β-unsaturated/α-hetero) is 1. The monoisotopic (exact) mass is 486 g/mol. The van der Waals surface area contributed by atoms with Crippen LogP contribution >= 0.6 is 0 Å². The zero-order valence-corrected chi connectivity index (χ0v) is 20.2. The normalized spacial score (nSPS) is 18.3.